The molecule has 1 amide bonds. The van der Waals surface area contributed by atoms with Crippen LogP contribution in [0.25, 0.3) is 0 Å². The van der Waals surface area contributed by atoms with E-state index in [1.807, 2.05) is 124 Å². The lowest BCUT2D eigenvalue weighted by atomic mass is 10.1. The van der Waals surface area contributed by atoms with E-state index >= 15 is 0 Å². The number of aryl methyl sites for hydroxylation is 3. The van der Waals surface area contributed by atoms with Crippen molar-refractivity contribution in [1.29, 1.82) is 0 Å². The predicted molar refractivity (Wildman–Crippen MR) is 133 cm³/mol. The van der Waals surface area contributed by atoms with Crippen LogP contribution in [-0.4, -0.2) is 11.7 Å². The van der Waals surface area contributed by atoms with Gasteiger partial charge < -0.3 is 0 Å². The molecule has 158 valence electrons. The first kappa shape index (κ1) is 21.3. The Bertz CT molecular complexity index is 1220. The Labute approximate surface area is 189 Å². The Morgan fingerprint density at radius 1 is 0.594 bits per heavy atom. The van der Waals surface area contributed by atoms with Crippen LogP contribution in [0.2, 0.25) is 0 Å². The van der Waals surface area contributed by atoms with Crippen molar-refractivity contribution >= 4 is 23.1 Å². The standard InChI is InChI=1S/C29H26N2O/c1-21-9-15-24(16-10-21)28(30-26-17-11-22(2)12-18-26)31(27-19-13-23(3)14-20-27)29(32)25-7-5-4-6-8-25/h4-20H,1-3H3. The molecule has 0 aliphatic carbocycles. The molecular formula is C29H26N2O. The Hall–Kier alpha value is -3.98. The number of nitrogens with zero attached hydrogens (tertiary/aromatic N) is 2. The van der Waals surface area contributed by atoms with Crippen LogP contribution in [0.1, 0.15) is 32.6 Å². The van der Waals surface area contributed by atoms with Gasteiger partial charge in [0.05, 0.1) is 11.4 Å². The number of anilines is 1. The van der Waals surface area contributed by atoms with E-state index in [0.29, 0.717) is 11.4 Å². The Kier molecular flexibility index (Phi) is 6.27. The van der Waals surface area contributed by atoms with Crippen LogP contribution in [0.5, 0.6) is 0 Å². The van der Waals surface area contributed by atoms with Crippen LogP contribution in [0.4, 0.5) is 11.4 Å². The summed E-state index contributed by atoms with van der Waals surface area (Å²) in [7, 11) is 0. The molecule has 4 aromatic rings. The topological polar surface area (TPSA) is 32.7 Å². The quantitative estimate of drug-likeness (QED) is 0.258. The van der Waals surface area contributed by atoms with Gasteiger partial charge >= 0.3 is 0 Å². The zero-order valence-corrected chi connectivity index (χ0v) is 18.6. The van der Waals surface area contributed by atoms with Crippen LogP contribution < -0.4 is 4.90 Å². The van der Waals surface area contributed by atoms with Gasteiger partial charge in [0.25, 0.3) is 5.91 Å². The highest BCUT2D eigenvalue weighted by atomic mass is 16.2. The molecule has 3 nitrogen and oxygen atoms in total. The Morgan fingerprint density at radius 2 is 1.09 bits per heavy atom. The number of rotatable bonds is 4. The van der Waals surface area contributed by atoms with Gasteiger partial charge in [-0.1, -0.05) is 83.4 Å². The molecule has 0 aromatic heterocycles. The van der Waals surface area contributed by atoms with E-state index in [4.69, 9.17) is 4.99 Å². The van der Waals surface area contributed by atoms with E-state index in [-0.39, 0.29) is 5.91 Å². The van der Waals surface area contributed by atoms with Gasteiger partial charge in [-0.3, -0.25) is 9.69 Å². The molecule has 0 spiro atoms. The minimum absolute atomic E-state index is 0.124. The number of aliphatic imine (C=N–C) groups is 1. The highest BCUT2D eigenvalue weighted by Gasteiger charge is 2.24. The van der Waals surface area contributed by atoms with Crippen LogP contribution in [0, 0.1) is 20.8 Å². The molecule has 4 rings (SSSR count). The Balaban J connectivity index is 1.93. The molecule has 0 saturated heterocycles. The molecule has 0 heterocycles. The summed E-state index contributed by atoms with van der Waals surface area (Å²) in [6.07, 6.45) is 0. The maximum atomic E-state index is 13.8. The smallest absolute Gasteiger partial charge is 0.264 e. The second-order valence-electron chi connectivity index (χ2n) is 7.98. The summed E-state index contributed by atoms with van der Waals surface area (Å²) in [5.74, 6) is 0.465. The van der Waals surface area contributed by atoms with Crippen LogP contribution in [0.3, 0.4) is 0 Å². The number of carbonyl (C=O) groups is 1. The van der Waals surface area contributed by atoms with Crippen molar-refractivity contribution in [2.75, 3.05) is 4.90 Å². The van der Waals surface area contributed by atoms with Crippen molar-refractivity contribution in [1.82, 2.24) is 0 Å². The largest absolute Gasteiger partial charge is 0.268 e. The second kappa shape index (κ2) is 9.44. The van der Waals surface area contributed by atoms with E-state index in [2.05, 4.69) is 0 Å². The average Bonchev–Trinajstić information content (AvgIpc) is 2.82. The zero-order chi connectivity index (χ0) is 22.5. The fourth-order valence-corrected chi connectivity index (χ4v) is 3.43. The number of amides is 1. The van der Waals surface area contributed by atoms with Gasteiger partial charge in [-0.15, -0.1) is 0 Å². The van der Waals surface area contributed by atoms with Crippen molar-refractivity contribution in [2.45, 2.75) is 20.8 Å². The van der Waals surface area contributed by atoms with Crippen molar-refractivity contribution < 1.29 is 4.79 Å². The maximum Gasteiger partial charge on any atom is 0.264 e. The first-order valence-electron chi connectivity index (χ1n) is 10.7. The van der Waals surface area contributed by atoms with Crippen molar-refractivity contribution in [3.8, 4) is 0 Å². The summed E-state index contributed by atoms with van der Waals surface area (Å²) in [5, 5.41) is 0. The first-order chi connectivity index (χ1) is 15.5. The molecule has 32 heavy (non-hydrogen) atoms. The normalized spacial score (nSPS) is 11.3. The summed E-state index contributed by atoms with van der Waals surface area (Å²) < 4.78 is 0. The highest BCUT2D eigenvalue weighted by Crippen LogP contribution is 2.25. The summed E-state index contributed by atoms with van der Waals surface area (Å²) in [5.41, 5.74) is 6.50. The van der Waals surface area contributed by atoms with Crippen LogP contribution in [0.15, 0.2) is 108 Å². The molecule has 0 unspecified atom stereocenters. The monoisotopic (exact) mass is 418 g/mol. The van der Waals surface area contributed by atoms with Gasteiger partial charge in [0.1, 0.15) is 5.84 Å². The number of hydrogen-bond donors (Lipinski definition) is 0. The maximum absolute atomic E-state index is 13.8. The summed E-state index contributed by atoms with van der Waals surface area (Å²) in [4.78, 5) is 20.5. The van der Waals surface area contributed by atoms with Crippen molar-refractivity contribution in [3.05, 3.63) is 131 Å². The fraction of sp³-hybridized carbons (Fsp3) is 0.103. The lowest BCUT2D eigenvalue weighted by molar-refractivity contribution is 0.100. The summed E-state index contributed by atoms with van der Waals surface area (Å²) in [6, 6.07) is 33.4. The Morgan fingerprint density at radius 3 is 1.66 bits per heavy atom. The third-order valence-electron chi connectivity index (χ3n) is 5.31. The van der Waals surface area contributed by atoms with Gasteiger partial charge in [-0.05, 0) is 57.2 Å². The van der Waals surface area contributed by atoms with Gasteiger partial charge in [0.2, 0.25) is 0 Å². The van der Waals surface area contributed by atoms with Crippen LogP contribution in [-0.2, 0) is 0 Å². The molecule has 0 aliphatic heterocycles. The number of benzene rings is 4. The lowest BCUT2D eigenvalue weighted by Crippen LogP contribution is -2.37. The third kappa shape index (κ3) is 4.84. The van der Waals surface area contributed by atoms with E-state index in [1.54, 1.807) is 4.90 Å². The number of carbonyl (C=O) groups excluding carboxylic acids is 1. The van der Waals surface area contributed by atoms with Gasteiger partial charge in [0, 0.05) is 11.1 Å². The molecule has 0 atom stereocenters. The average molecular weight is 419 g/mol. The second-order valence-corrected chi connectivity index (χ2v) is 7.98. The minimum atomic E-state index is -0.124. The van der Waals surface area contributed by atoms with E-state index in [1.165, 1.54) is 0 Å². The molecule has 3 heteroatoms. The van der Waals surface area contributed by atoms with Gasteiger partial charge in [-0.25, -0.2) is 4.99 Å². The van der Waals surface area contributed by atoms with Crippen LogP contribution >= 0.6 is 0 Å². The van der Waals surface area contributed by atoms with Gasteiger partial charge in [0.15, 0.2) is 0 Å². The van der Waals surface area contributed by atoms with Crippen molar-refractivity contribution in [3.63, 3.8) is 0 Å². The lowest BCUT2D eigenvalue weighted by Gasteiger charge is -2.25. The SMILES string of the molecule is Cc1ccc(N=C(c2ccc(C)cc2)N(C(=O)c2ccccc2)c2ccc(C)cc2)cc1. The summed E-state index contributed by atoms with van der Waals surface area (Å²) in [6.45, 7) is 6.13. The molecule has 4 aromatic carbocycles. The minimum Gasteiger partial charge on any atom is -0.268 e. The molecule has 0 N–H and O–H groups in total. The van der Waals surface area contributed by atoms with E-state index < -0.39 is 0 Å². The van der Waals surface area contributed by atoms with E-state index in [0.717, 1.165) is 33.6 Å². The molecule has 0 fully saturated rings. The molecule has 0 radical (unpaired) electrons. The molecule has 0 saturated carbocycles. The predicted octanol–water partition coefficient (Wildman–Crippen LogP) is 7.04. The molecular weight excluding hydrogens is 392 g/mol. The fourth-order valence-electron chi connectivity index (χ4n) is 3.43. The highest BCUT2D eigenvalue weighted by molar-refractivity contribution is 6.28. The first-order valence-corrected chi connectivity index (χ1v) is 10.7. The zero-order valence-electron chi connectivity index (χ0n) is 18.6. The van der Waals surface area contributed by atoms with Crippen molar-refractivity contribution in [2.24, 2.45) is 4.99 Å². The van der Waals surface area contributed by atoms with Gasteiger partial charge in [-0.2, -0.15) is 0 Å². The number of amidine groups is 1. The summed E-state index contributed by atoms with van der Waals surface area (Å²) >= 11 is 0. The third-order valence-corrected chi connectivity index (χ3v) is 5.31. The molecule has 0 bridgehead atoms. The molecule has 0 aliphatic rings. The number of hydrogen-bond acceptors (Lipinski definition) is 2. The van der Waals surface area contributed by atoms with E-state index in [9.17, 15) is 4.79 Å².